The third kappa shape index (κ3) is 2.63. The van der Waals surface area contributed by atoms with E-state index in [4.69, 9.17) is 17.3 Å². The summed E-state index contributed by atoms with van der Waals surface area (Å²) >= 11 is 5.76. The largest absolute Gasteiger partial charge is 0.392 e. The first-order valence-electron chi connectivity index (χ1n) is 5.03. The second kappa shape index (κ2) is 4.94. The molecule has 19 heavy (non-hydrogen) atoms. The topological polar surface area (TPSA) is 127 Å². The molecule has 0 bridgehead atoms. The fraction of sp³-hybridized carbons (Fsp3) is 0. The molecular weight excluding hydrogens is 274 g/mol. The van der Waals surface area contributed by atoms with Gasteiger partial charge in [0, 0.05) is 24.0 Å². The van der Waals surface area contributed by atoms with Crippen molar-refractivity contribution < 1.29 is 9.72 Å². The molecule has 0 aliphatic carbocycles. The molecule has 8 nitrogen and oxygen atoms in total. The number of carbonyl (C=O) groups excluding carboxylic acids is 1. The lowest BCUT2D eigenvalue weighted by atomic mass is 10.1. The van der Waals surface area contributed by atoms with E-state index in [1.807, 2.05) is 0 Å². The number of amides is 1. The fourth-order valence-corrected chi connectivity index (χ4v) is 1.61. The summed E-state index contributed by atoms with van der Waals surface area (Å²) in [4.78, 5) is 28.4. The number of nitro groups is 1. The summed E-state index contributed by atoms with van der Waals surface area (Å²) in [5.41, 5.74) is 4.88. The smallest absolute Gasteiger partial charge is 0.294 e. The standard InChI is InChI=1S/C10H8ClN5O3/c11-6-3-5(4-7(8(6)12)16(18)19)9(17)15-10-13-1-2-14-10/h1-4H,12H2,(H2,13,14,15,17). The zero-order valence-electron chi connectivity index (χ0n) is 9.38. The van der Waals surface area contributed by atoms with Crippen LogP contribution >= 0.6 is 11.6 Å². The van der Waals surface area contributed by atoms with Crippen LogP contribution < -0.4 is 11.1 Å². The van der Waals surface area contributed by atoms with Gasteiger partial charge in [-0.05, 0) is 6.07 Å². The van der Waals surface area contributed by atoms with Crippen LogP contribution in [0.4, 0.5) is 17.3 Å². The molecule has 2 aromatic rings. The lowest BCUT2D eigenvalue weighted by Crippen LogP contribution is -2.13. The van der Waals surface area contributed by atoms with E-state index in [2.05, 4.69) is 15.3 Å². The maximum Gasteiger partial charge on any atom is 0.294 e. The van der Waals surface area contributed by atoms with Gasteiger partial charge in [0.1, 0.15) is 5.69 Å². The highest BCUT2D eigenvalue weighted by Crippen LogP contribution is 2.30. The number of anilines is 2. The Balaban J connectivity index is 2.35. The molecule has 1 amide bonds. The number of rotatable bonds is 3. The van der Waals surface area contributed by atoms with E-state index in [0.29, 0.717) is 0 Å². The van der Waals surface area contributed by atoms with Crippen LogP contribution in [-0.2, 0) is 0 Å². The Hall–Kier alpha value is -2.61. The van der Waals surface area contributed by atoms with Crippen molar-refractivity contribution in [1.82, 2.24) is 9.97 Å². The minimum Gasteiger partial charge on any atom is -0.392 e. The van der Waals surface area contributed by atoms with Gasteiger partial charge >= 0.3 is 0 Å². The third-order valence-electron chi connectivity index (χ3n) is 2.30. The van der Waals surface area contributed by atoms with Crippen LogP contribution in [0.3, 0.4) is 0 Å². The number of nitrogens with one attached hydrogen (secondary N) is 2. The highest BCUT2D eigenvalue weighted by Gasteiger charge is 2.19. The zero-order valence-corrected chi connectivity index (χ0v) is 10.1. The van der Waals surface area contributed by atoms with Crippen molar-refractivity contribution in [3.8, 4) is 0 Å². The molecule has 0 spiro atoms. The summed E-state index contributed by atoms with van der Waals surface area (Å²) in [5.74, 6) is -0.361. The Labute approximate surface area is 111 Å². The molecule has 0 aliphatic rings. The summed E-state index contributed by atoms with van der Waals surface area (Å²) in [6, 6.07) is 2.31. The number of benzene rings is 1. The van der Waals surface area contributed by atoms with Crippen molar-refractivity contribution in [2.75, 3.05) is 11.1 Å². The predicted molar refractivity (Wildman–Crippen MR) is 69.1 cm³/mol. The van der Waals surface area contributed by atoms with Crippen LogP contribution in [0.1, 0.15) is 10.4 Å². The van der Waals surface area contributed by atoms with Gasteiger partial charge in [0.15, 0.2) is 0 Å². The van der Waals surface area contributed by atoms with Gasteiger partial charge in [-0.3, -0.25) is 20.2 Å². The maximum atomic E-state index is 11.9. The number of halogens is 1. The van der Waals surface area contributed by atoms with Crippen molar-refractivity contribution in [2.45, 2.75) is 0 Å². The van der Waals surface area contributed by atoms with Gasteiger partial charge in [-0.15, -0.1) is 0 Å². The molecule has 0 atom stereocenters. The van der Waals surface area contributed by atoms with Crippen molar-refractivity contribution >= 4 is 34.8 Å². The lowest BCUT2D eigenvalue weighted by molar-refractivity contribution is -0.383. The van der Waals surface area contributed by atoms with Gasteiger partial charge in [0.05, 0.1) is 9.95 Å². The molecule has 0 saturated heterocycles. The van der Waals surface area contributed by atoms with Crippen LogP contribution in [0.15, 0.2) is 24.5 Å². The van der Waals surface area contributed by atoms with E-state index >= 15 is 0 Å². The molecule has 2 rings (SSSR count). The first-order valence-corrected chi connectivity index (χ1v) is 5.41. The number of nitrogens with two attached hydrogens (primary N) is 1. The van der Waals surface area contributed by atoms with Crippen molar-refractivity contribution in [3.63, 3.8) is 0 Å². The first kappa shape index (κ1) is 12.8. The summed E-state index contributed by atoms with van der Waals surface area (Å²) in [5, 5.41) is 13.1. The number of nitro benzene ring substituents is 1. The molecular formula is C10H8ClN5O3. The van der Waals surface area contributed by atoms with E-state index in [0.717, 1.165) is 6.07 Å². The fourth-order valence-electron chi connectivity index (χ4n) is 1.40. The van der Waals surface area contributed by atoms with Crippen molar-refractivity contribution in [1.29, 1.82) is 0 Å². The molecule has 1 aromatic carbocycles. The number of nitrogen functional groups attached to an aromatic ring is 1. The second-order valence-electron chi connectivity index (χ2n) is 3.54. The maximum absolute atomic E-state index is 11.9. The van der Waals surface area contributed by atoms with E-state index in [9.17, 15) is 14.9 Å². The third-order valence-corrected chi connectivity index (χ3v) is 2.61. The minimum atomic E-state index is -0.703. The van der Waals surface area contributed by atoms with Gasteiger partial charge < -0.3 is 10.7 Å². The highest BCUT2D eigenvalue weighted by atomic mass is 35.5. The molecule has 0 unspecified atom stereocenters. The van der Waals surface area contributed by atoms with Crippen LogP contribution in [0.25, 0.3) is 0 Å². The lowest BCUT2D eigenvalue weighted by Gasteiger charge is -2.05. The summed E-state index contributed by atoms with van der Waals surface area (Å²) < 4.78 is 0. The number of carbonyl (C=O) groups is 1. The Morgan fingerprint density at radius 1 is 1.53 bits per heavy atom. The molecule has 98 valence electrons. The molecule has 0 radical (unpaired) electrons. The van der Waals surface area contributed by atoms with Gasteiger partial charge in [-0.2, -0.15) is 0 Å². The van der Waals surface area contributed by atoms with E-state index in [1.54, 1.807) is 0 Å². The molecule has 0 fully saturated rings. The van der Waals surface area contributed by atoms with Crippen LogP contribution in [-0.4, -0.2) is 20.8 Å². The monoisotopic (exact) mass is 281 g/mol. The van der Waals surface area contributed by atoms with Crippen LogP contribution in [0, 0.1) is 10.1 Å². The van der Waals surface area contributed by atoms with Gasteiger partial charge in [0.2, 0.25) is 5.95 Å². The SMILES string of the molecule is Nc1c(Cl)cc(C(=O)Nc2ncc[nH]2)cc1[N+](=O)[O-]. The van der Waals surface area contributed by atoms with Crippen molar-refractivity contribution in [2.24, 2.45) is 0 Å². The minimum absolute atomic E-state index is 0.0160. The number of hydrogen-bond donors (Lipinski definition) is 3. The van der Waals surface area contributed by atoms with Gasteiger partial charge in [0.25, 0.3) is 11.6 Å². The second-order valence-corrected chi connectivity index (χ2v) is 3.95. The number of H-pyrrole nitrogens is 1. The Kier molecular flexibility index (Phi) is 3.34. The average Bonchev–Trinajstić information content (AvgIpc) is 2.84. The summed E-state index contributed by atoms with van der Waals surface area (Å²) in [6.45, 7) is 0. The Morgan fingerprint density at radius 2 is 2.26 bits per heavy atom. The summed E-state index contributed by atoms with van der Waals surface area (Å²) in [7, 11) is 0. The van der Waals surface area contributed by atoms with Gasteiger partial charge in [-0.1, -0.05) is 11.6 Å². The average molecular weight is 282 g/mol. The number of aromatic amines is 1. The molecule has 1 aromatic heterocycles. The van der Waals surface area contributed by atoms with Crippen LogP contribution in [0.5, 0.6) is 0 Å². The predicted octanol–water partition coefficient (Wildman–Crippen LogP) is 1.81. The quantitative estimate of drug-likeness (QED) is 0.449. The van der Waals surface area contributed by atoms with Gasteiger partial charge in [-0.25, -0.2) is 4.98 Å². The van der Waals surface area contributed by atoms with E-state index < -0.39 is 16.5 Å². The molecule has 1 heterocycles. The summed E-state index contributed by atoms with van der Waals surface area (Å²) in [6.07, 6.45) is 2.97. The van der Waals surface area contributed by atoms with E-state index in [-0.39, 0.29) is 22.2 Å². The van der Waals surface area contributed by atoms with E-state index in [1.165, 1.54) is 18.5 Å². The molecule has 9 heteroatoms. The zero-order chi connectivity index (χ0) is 14.0. The molecule has 0 saturated carbocycles. The molecule has 0 aliphatic heterocycles. The molecule has 4 N–H and O–H groups in total. The van der Waals surface area contributed by atoms with Crippen molar-refractivity contribution in [3.05, 3.63) is 45.2 Å². The van der Waals surface area contributed by atoms with Crippen LogP contribution in [0.2, 0.25) is 5.02 Å². The first-order chi connectivity index (χ1) is 8.99. The Morgan fingerprint density at radius 3 is 2.84 bits per heavy atom. The Bertz CT molecular complexity index is 641. The number of imidazole rings is 1. The normalized spacial score (nSPS) is 10.2. The number of aromatic nitrogens is 2. The number of hydrogen-bond acceptors (Lipinski definition) is 5. The highest BCUT2D eigenvalue weighted by molar-refractivity contribution is 6.34. The number of nitrogens with zero attached hydrogens (tertiary/aromatic N) is 2.